The fourth-order valence-electron chi connectivity index (χ4n) is 4.18. The summed E-state index contributed by atoms with van der Waals surface area (Å²) in [5, 5.41) is 11.1. The van der Waals surface area contributed by atoms with Crippen LogP contribution in [0, 0.1) is 0 Å². The number of benzene rings is 2. The normalized spacial score (nSPS) is 20.5. The summed E-state index contributed by atoms with van der Waals surface area (Å²) in [5.74, 6) is -1.75. The van der Waals surface area contributed by atoms with Crippen molar-refractivity contribution in [3.05, 3.63) is 71.3 Å². The van der Waals surface area contributed by atoms with Gasteiger partial charge in [-0.25, -0.2) is 0 Å². The third-order valence-corrected chi connectivity index (χ3v) is 5.92. The monoisotopic (exact) mass is 465 g/mol. The van der Waals surface area contributed by atoms with Gasteiger partial charge in [0.1, 0.15) is 11.5 Å². The molecule has 1 atom stereocenters. The highest BCUT2D eigenvalue weighted by Gasteiger charge is 2.46. The molecule has 0 bridgehead atoms. The van der Waals surface area contributed by atoms with Crippen LogP contribution in [0.4, 0.5) is 0 Å². The number of aliphatic hydroxyl groups excluding tert-OH is 1. The molecule has 2 fully saturated rings. The van der Waals surface area contributed by atoms with Crippen LogP contribution in [0.15, 0.2) is 60.2 Å². The van der Waals surface area contributed by atoms with Crippen molar-refractivity contribution in [2.24, 2.45) is 5.73 Å². The Kier molecular flexibility index (Phi) is 7.24. The van der Waals surface area contributed by atoms with Crippen LogP contribution < -0.4 is 10.5 Å². The van der Waals surface area contributed by atoms with E-state index in [-0.39, 0.29) is 17.9 Å². The average molecular weight is 466 g/mol. The van der Waals surface area contributed by atoms with E-state index in [2.05, 4.69) is 4.90 Å². The lowest BCUT2D eigenvalue weighted by Gasteiger charge is -2.31. The lowest BCUT2D eigenvalue weighted by molar-refractivity contribution is -0.140. The molecule has 2 aliphatic rings. The van der Waals surface area contributed by atoms with Gasteiger partial charge in [-0.3, -0.25) is 19.3 Å². The second kappa shape index (κ2) is 10.5. The fraction of sp³-hybridized carbons (Fsp3) is 0.320. The third kappa shape index (κ3) is 5.11. The molecular formula is C25H27N3O6. The maximum absolute atomic E-state index is 13.1. The predicted molar refractivity (Wildman–Crippen MR) is 124 cm³/mol. The SMILES string of the molecule is NC(=O)COc1ccc(C2C(=C(O)c3ccccc3)C(=O)C(=O)N2CCN2CCOCC2)cc1. The predicted octanol–water partition coefficient (Wildman–Crippen LogP) is 1.30. The Morgan fingerprint density at radius 3 is 2.35 bits per heavy atom. The highest BCUT2D eigenvalue weighted by molar-refractivity contribution is 6.46. The van der Waals surface area contributed by atoms with Crippen LogP contribution in [-0.4, -0.2) is 78.5 Å². The third-order valence-electron chi connectivity index (χ3n) is 5.92. The second-order valence-electron chi connectivity index (χ2n) is 8.14. The number of hydrogen-bond acceptors (Lipinski definition) is 7. The maximum Gasteiger partial charge on any atom is 0.295 e. The zero-order valence-electron chi connectivity index (χ0n) is 18.7. The molecule has 34 heavy (non-hydrogen) atoms. The van der Waals surface area contributed by atoms with Crippen LogP contribution in [0.25, 0.3) is 5.76 Å². The van der Waals surface area contributed by atoms with Gasteiger partial charge < -0.3 is 25.2 Å². The molecule has 2 amide bonds. The number of carbonyl (C=O) groups excluding carboxylic acids is 3. The van der Waals surface area contributed by atoms with Crippen molar-refractivity contribution in [1.82, 2.24) is 9.80 Å². The first-order valence-electron chi connectivity index (χ1n) is 11.1. The molecule has 4 rings (SSSR count). The Hall–Kier alpha value is -3.69. The van der Waals surface area contributed by atoms with E-state index in [0.29, 0.717) is 43.2 Å². The summed E-state index contributed by atoms with van der Waals surface area (Å²) in [6.07, 6.45) is 0. The van der Waals surface area contributed by atoms with Gasteiger partial charge in [0.15, 0.2) is 6.61 Å². The first-order chi connectivity index (χ1) is 16.5. The first kappa shape index (κ1) is 23.5. The minimum Gasteiger partial charge on any atom is -0.507 e. The Morgan fingerprint density at radius 2 is 1.71 bits per heavy atom. The van der Waals surface area contributed by atoms with Gasteiger partial charge in [-0.15, -0.1) is 0 Å². The van der Waals surface area contributed by atoms with E-state index in [4.69, 9.17) is 15.2 Å². The number of nitrogens with two attached hydrogens (primary N) is 1. The van der Waals surface area contributed by atoms with Gasteiger partial charge in [0.05, 0.1) is 24.8 Å². The fourth-order valence-corrected chi connectivity index (χ4v) is 4.18. The smallest absolute Gasteiger partial charge is 0.295 e. The molecule has 2 aromatic carbocycles. The van der Waals surface area contributed by atoms with Crippen molar-refractivity contribution in [2.75, 3.05) is 46.0 Å². The lowest BCUT2D eigenvalue weighted by Crippen LogP contribution is -2.42. The van der Waals surface area contributed by atoms with Crippen LogP contribution in [0.5, 0.6) is 5.75 Å². The van der Waals surface area contributed by atoms with Crippen molar-refractivity contribution in [1.29, 1.82) is 0 Å². The van der Waals surface area contributed by atoms with Gasteiger partial charge in [-0.05, 0) is 17.7 Å². The molecule has 2 saturated heterocycles. The van der Waals surface area contributed by atoms with Gasteiger partial charge in [0, 0.05) is 31.7 Å². The molecule has 1 unspecified atom stereocenters. The van der Waals surface area contributed by atoms with Crippen molar-refractivity contribution in [3.63, 3.8) is 0 Å². The molecule has 3 N–H and O–H groups in total. The molecule has 9 heteroatoms. The largest absolute Gasteiger partial charge is 0.507 e. The Bertz CT molecular complexity index is 1080. The Morgan fingerprint density at radius 1 is 1.03 bits per heavy atom. The summed E-state index contributed by atoms with van der Waals surface area (Å²) in [6, 6.07) is 14.6. The lowest BCUT2D eigenvalue weighted by atomic mass is 9.95. The number of aliphatic hydroxyl groups is 1. The number of hydrogen-bond donors (Lipinski definition) is 2. The molecule has 9 nitrogen and oxygen atoms in total. The van der Waals surface area contributed by atoms with Gasteiger partial charge in [0.2, 0.25) is 0 Å². The molecule has 0 spiro atoms. The number of ether oxygens (including phenoxy) is 2. The zero-order valence-corrected chi connectivity index (χ0v) is 18.7. The number of nitrogens with zero attached hydrogens (tertiary/aromatic N) is 2. The summed E-state index contributed by atoms with van der Waals surface area (Å²) in [6.45, 7) is 3.41. The van der Waals surface area contributed by atoms with Gasteiger partial charge in [-0.1, -0.05) is 42.5 Å². The number of rotatable bonds is 8. The quantitative estimate of drug-likeness (QED) is 0.342. The van der Waals surface area contributed by atoms with E-state index < -0.39 is 23.6 Å². The summed E-state index contributed by atoms with van der Waals surface area (Å²) in [4.78, 5) is 40.8. The van der Waals surface area contributed by atoms with E-state index in [1.165, 1.54) is 4.90 Å². The molecular weight excluding hydrogens is 438 g/mol. The van der Waals surface area contributed by atoms with E-state index >= 15 is 0 Å². The van der Waals surface area contributed by atoms with Crippen molar-refractivity contribution in [3.8, 4) is 5.75 Å². The van der Waals surface area contributed by atoms with Crippen molar-refractivity contribution in [2.45, 2.75) is 6.04 Å². The standard InChI is InChI=1S/C25H27N3O6/c26-20(29)16-34-19-8-6-17(7-9-19)22-21(23(30)18-4-2-1-3-5-18)24(31)25(32)28(22)11-10-27-12-14-33-15-13-27/h1-9,22,30H,10-16H2,(H2,26,29). The van der Waals surface area contributed by atoms with Crippen molar-refractivity contribution >= 4 is 23.4 Å². The van der Waals surface area contributed by atoms with Gasteiger partial charge >= 0.3 is 0 Å². The average Bonchev–Trinajstić information content (AvgIpc) is 3.12. The molecule has 0 radical (unpaired) electrons. The molecule has 0 aliphatic carbocycles. The summed E-state index contributed by atoms with van der Waals surface area (Å²) in [7, 11) is 0. The maximum atomic E-state index is 13.1. The molecule has 0 aromatic heterocycles. The van der Waals surface area contributed by atoms with E-state index in [1.54, 1.807) is 54.6 Å². The van der Waals surface area contributed by atoms with Crippen LogP contribution in [0.3, 0.4) is 0 Å². The zero-order chi connectivity index (χ0) is 24.1. The summed E-state index contributed by atoms with van der Waals surface area (Å²) < 4.78 is 10.7. The number of likely N-dealkylation sites (tertiary alicyclic amines) is 1. The number of morpholine rings is 1. The number of ketones is 1. The van der Waals surface area contributed by atoms with E-state index in [9.17, 15) is 19.5 Å². The van der Waals surface area contributed by atoms with Gasteiger partial charge in [0.25, 0.3) is 17.6 Å². The van der Waals surface area contributed by atoms with E-state index in [0.717, 1.165) is 13.1 Å². The first-order valence-corrected chi connectivity index (χ1v) is 11.1. The topological polar surface area (TPSA) is 122 Å². The Labute approximate surface area is 197 Å². The van der Waals surface area contributed by atoms with Gasteiger partial charge in [-0.2, -0.15) is 0 Å². The van der Waals surface area contributed by atoms with Crippen LogP contribution in [-0.2, 0) is 19.1 Å². The number of carbonyl (C=O) groups is 3. The molecule has 2 heterocycles. The molecule has 0 saturated carbocycles. The minimum atomic E-state index is -0.758. The second-order valence-corrected chi connectivity index (χ2v) is 8.14. The number of Topliss-reactive ketones (excluding diaryl/α,β-unsaturated/α-hetero) is 1. The highest BCUT2D eigenvalue weighted by Crippen LogP contribution is 2.39. The van der Waals surface area contributed by atoms with E-state index in [1.807, 2.05) is 0 Å². The summed E-state index contributed by atoms with van der Waals surface area (Å²) >= 11 is 0. The molecule has 178 valence electrons. The van der Waals surface area contributed by atoms with Crippen LogP contribution in [0.2, 0.25) is 0 Å². The van der Waals surface area contributed by atoms with Crippen LogP contribution in [0.1, 0.15) is 17.2 Å². The van der Waals surface area contributed by atoms with Crippen LogP contribution >= 0.6 is 0 Å². The minimum absolute atomic E-state index is 0.0454. The van der Waals surface area contributed by atoms with Crippen molar-refractivity contribution < 1.29 is 29.0 Å². The highest BCUT2D eigenvalue weighted by atomic mass is 16.5. The Balaban J connectivity index is 1.68. The number of primary amides is 1. The summed E-state index contributed by atoms with van der Waals surface area (Å²) in [5.41, 5.74) is 6.28. The number of amides is 2. The molecule has 2 aromatic rings. The molecule has 2 aliphatic heterocycles.